The molecule has 0 saturated heterocycles. The highest BCUT2D eigenvalue weighted by Gasteiger charge is 2.29. The molecule has 1 aliphatic rings. The monoisotopic (exact) mass is 312 g/mol. The van der Waals surface area contributed by atoms with Gasteiger partial charge in [-0.2, -0.15) is 4.31 Å². The number of nitrogens with two attached hydrogens (primary N) is 1. The van der Waals surface area contributed by atoms with Gasteiger partial charge in [-0.25, -0.2) is 8.42 Å². The fraction of sp³-hybridized carbons (Fsp3) is 0.500. The lowest BCUT2D eigenvalue weighted by Gasteiger charge is -2.30. The molecule has 4 nitrogen and oxygen atoms in total. The summed E-state index contributed by atoms with van der Waals surface area (Å²) in [6.07, 6.45) is 5.26. The first-order valence-corrected chi connectivity index (χ1v) is 8.65. The van der Waals surface area contributed by atoms with Crippen LogP contribution in [0.1, 0.15) is 37.7 Å². The first-order chi connectivity index (χ1) is 9.43. The second kappa shape index (κ2) is 6.20. The van der Waals surface area contributed by atoms with Crippen LogP contribution in [-0.2, 0) is 10.0 Å². The third kappa shape index (κ3) is 3.19. The largest absolute Gasteiger partial charge is 0.389 e. The van der Waals surface area contributed by atoms with Crippen LogP contribution in [0.15, 0.2) is 29.2 Å². The van der Waals surface area contributed by atoms with E-state index in [1.807, 2.05) is 0 Å². The summed E-state index contributed by atoms with van der Waals surface area (Å²) in [5.41, 5.74) is 6.15. The molecular weight excluding hydrogens is 292 g/mol. The smallest absolute Gasteiger partial charge is 0.243 e. The van der Waals surface area contributed by atoms with Crippen LogP contribution in [-0.4, -0.2) is 30.8 Å². The van der Waals surface area contributed by atoms with E-state index >= 15 is 0 Å². The molecule has 1 aromatic rings. The van der Waals surface area contributed by atoms with E-state index in [4.69, 9.17) is 18.0 Å². The van der Waals surface area contributed by atoms with Crippen molar-refractivity contribution in [1.29, 1.82) is 0 Å². The van der Waals surface area contributed by atoms with Gasteiger partial charge in [-0.3, -0.25) is 0 Å². The lowest BCUT2D eigenvalue weighted by molar-refractivity contribution is 0.286. The molecule has 20 heavy (non-hydrogen) atoms. The summed E-state index contributed by atoms with van der Waals surface area (Å²) in [6.45, 7) is 0. The fourth-order valence-corrected chi connectivity index (χ4v) is 4.21. The Labute approximate surface area is 126 Å². The van der Waals surface area contributed by atoms with Gasteiger partial charge in [-0.05, 0) is 25.0 Å². The topological polar surface area (TPSA) is 63.4 Å². The third-order valence-corrected chi connectivity index (χ3v) is 6.03. The molecule has 6 heteroatoms. The van der Waals surface area contributed by atoms with Crippen molar-refractivity contribution in [1.82, 2.24) is 4.31 Å². The van der Waals surface area contributed by atoms with Crippen molar-refractivity contribution in [2.75, 3.05) is 7.05 Å². The predicted molar refractivity (Wildman–Crippen MR) is 84.2 cm³/mol. The lowest BCUT2D eigenvalue weighted by Crippen LogP contribution is -2.38. The molecule has 1 fully saturated rings. The minimum Gasteiger partial charge on any atom is -0.389 e. The van der Waals surface area contributed by atoms with Crippen LogP contribution in [0.2, 0.25) is 0 Å². The highest BCUT2D eigenvalue weighted by molar-refractivity contribution is 7.89. The minimum atomic E-state index is -3.48. The van der Waals surface area contributed by atoms with Crippen LogP contribution in [0.4, 0.5) is 0 Å². The number of hydrogen-bond acceptors (Lipinski definition) is 3. The van der Waals surface area contributed by atoms with Gasteiger partial charge in [0.05, 0.1) is 4.90 Å². The van der Waals surface area contributed by atoms with Gasteiger partial charge < -0.3 is 5.73 Å². The molecule has 1 saturated carbocycles. The van der Waals surface area contributed by atoms with Crippen molar-refractivity contribution < 1.29 is 8.42 Å². The van der Waals surface area contributed by atoms with Crippen LogP contribution < -0.4 is 5.73 Å². The van der Waals surface area contributed by atoms with Gasteiger partial charge in [0.1, 0.15) is 4.99 Å². The SMILES string of the molecule is CN(C1CCCCC1)S(=O)(=O)c1cccc(C(N)=S)c1. The van der Waals surface area contributed by atoms with Crippen LogP contribution in [0.3, 0.4) is 0 Å². The molecule has 0 radical (unpaired) electrons. The number of sulfonamides is 1. The molecular formula is C14H20N2O2S2. The molecule has 110 valence electrons. The Hall–Kier alpha value is -0.980. The molecule has 0 amide bonds. The van der Waals surface area contributed by atoms with E-state index in [-0.39, 0.29) is 15.9 Å². The summed E-state index contributed by atoms with van der Waals surface area (Å²) in [7, 11) is -1.81. The summed E-state index contributed by atoms with van der Waals surface area (Å²) < 4.78 is 26.8. The van der Waals surface area contributed by atoms with Crippen molar-refractivity contribution in [2.45, 2.75) is 43.0 Å². The van der Waals surface area contributed by atoms with Crippen LogP contribution in [0.5, 0.6) is 0 Å². The quantitative estimate of drug-likeness (QED) is 0.866. The van der Waals surface area contributed by atoms with Crippen molar-refractivity contribution in [3.8, 4) is 0 Å². The zero-order chi connectivity index (χ0) is 14.8. The molecule has 0 heterocycles. The first-order valence-electron chi connectivity index (χ1n) is 6.81. The second-order valence-corrected chi connectivity index (χ2v) is 7.64. The van der Waals surface area contributed by atoms with Crippen molar-refractivity contribution in [3.63, 3.8) is 0 Å². The van der Waals surface area contributed by atoms with Gasteiger partial charge in [0.25, 0.3) is 0 Å². The van der Waals surface area contributed by atoms with Crippen LogP contribution >= 0.6 is 12.2 Å². The third-order valence-electron chi connectivity index (χ3n) is 3.88. The molecule has 0 atom stereocenters. The van der Waals surface area contributed by atoms with Gasteiger partial charge in [-0.15, -0.1) is 0 Å². The first kappa shape index (κ1) is 15.4. The highest BCUT2D eigenvalue weighted by atomic mass is 32.2. The van der Waals surface area contributed by atoms with E-state index in [1.54, 1.807) is 31.3 Å². The van der Waals surface area contributed by atoms with Crippen molar-refractivity contribution in [3.05, 3.63) is 29.8 Å². The molecule has 2 rings (SSSR count). The summed E-state index contributed by atoms with van der Waals surface area (Å²) in [4.78, 5) is 0.471. The number of rotatable bonds is 4. The number of nitrogens with zero attached hydrogens (tertiary/aromatic N) is 1. The van der Waals surface area contributed by atoms with E-state index < -0.39 is 10.0 Å². The normalized spacial score (nSPS) is 17.3. The molecule has 2 N–H and O–H groups in total. The molecule has 0 spiro atoms. The van der Waals surface area contributed by atoms with Crippen molar-refractivity contribution >= 4 is 27.2 Å². The molecule has 0 aliphatic heterocycles. The van der Waals surface area contributed by atoms with E-state index in [1.165, 1.54) is 10.7 Å². The van der Waals surface area contributed by atoms with Gasteiger partial charge in [-0.1, -0.05) is 43.6 Å². The van der Waals surface area contributed by atoms with E-state index in [2.05, 4.69) is 0 Å². The summed E-state index contributed by atoms with van der Waals surface area (Å²) in [6, 6.07) is 6.65. The van der Waals surface area contributed by atoms with Gasteiger partial charge in [0.15, 0.2) is 0 Å². The molecule has 0 bridgehead atoms. The number of thiocarbonyl (C=S) groups is 1. The molecule has 0 aromatic heterocycles. The fourth-order valence-electron chi connectivity index (χ4n) is 2.62. The van der Waals surface area contributed by atoms with Gasteiger partial charge in [0, 0.05) is 18.7 Å². The maximum atomic E-state index is 12.6. The molecule has 0 unspecified atom stereocenters. The average molecular weight is 312 g/mol. The molecule has 1 aromatic carbocycles. The Morgan fingerprint density at radius 2 is 1.95 bits per heavy atom. The Bertz CT molecular complexity index is 593. The highest BCUT2D eigenvalue weighted by Crippen LogP contribution is 2.26. The van der Waals surface area contributed by atoms with Gasteiger partial charge in [0.2, 0.25) is 10.0 Å². The zero-order valence-corrected chi connectivity index (χ0v) is 13.2. The second-order valence-electron chi connectivity index (χ2n) is 5.21. The maximum Gasteiger partial charge on any atom is 0.243 e. The van der Waals surface area contributed by atoms with E-state index in [0.717, 1.165) is 25.7 Å². The Morgan fingerprint density at radius 3 is 2.55 bits per heavy atom. The van der Waals surface area contributed by atoms with E-state index in [9.17, 15) is 8.42 Å². The number of hydrogen-bond donors (Lipinski definition) is 1. The molecule has 1 aliphatic carbocycles. The lowest BCUT2D eigenvalue weighted by atomic mass is 9.96. The minimum absolute atomic E-state index is 0.0993. The van der Waals surface area contributed by atoms with Crippen LogP contribution in [0.25, 0.3) is 0 Å². The summed E-state index contributed by atoms with van der Waals surface area (Å²) >= 11 is 4.90. The Morgan fingerprint density at radius 1 is 1.30 bits per heavy atom. The van der Waals surface area contributed by atoms with Gasteiger partial charge >= 0.3 is 0 Å². The average Bonchev–Trinajstić information content (AvgIpc) is 2.47. The van der Waals surface area contributed by atoms with Crippen LogP contribution in [0, 0.1) is 0 Å². The zero-order valence-electron chi connectivity index (χ0n) is 11.6. The standard InChI is InChI=1S/C14H20N2O2S2/c1-16(12-7-3-2-4-8-12)20(17,18)13-9-5-6-11(10-13)14(15)19/h5-6,9-10,12H,2-4,7-8H2,1H3,(H2,15,19). The summed E-state index contributed by atoms with van der Waals surface area (Å²) in [5.74, 6) is 0. The Balaban J connectivity index is 2.29. The number of benzene rings is 1. The maximum absolute atomic E-state index is 12.6. The predicted octanol–water partition coefficient (Wildman–Crippen LogP) is 2.27. The summed E-state index contributed by atoms with van der Waals surface area (Å²) in [5, 5.41) is 0. The Kier molecular flexibility index (Phi) is 4.78. The van der Waals surface area contributed by atoms with E-state index in [0.29, 0.717) is 5.56 Å². The van der Waals surface area contributed by atoms with Crippen molar-refractivity contribution in [2.24, 2.45) is 5.73 Å².